The van der Waals surface area contributed by atoms with E-state index in [4.69, 9.17) is 0 Å². The number of rotatable bonds is 5. The van der Waals surface area contributed by atoms with Gasteiger partial charge < -0.3 is 0 Å². The molecule has 3 heteroatoms. The molecule has 0 aliphatic rings. The summed E-state index contributed by atoms with van der Waals surface area (Å²) in [5.41, 5.74) is 0. The molecule has 116 valence electrons. The number of hydrogen-bond donors (Lipinski definition) is 1. The van der Waals surface area contributed by atoms with Gasteiger partial charge in [0.05, 0.1) is 0 Å². The molecule has 3 aromatic carbocycles. The van der Waals surface area contributed by atoms with Crippen LogP contribution in [0.2, 0.25) is 5.21 Å². The van der Waals surface area contributed by atoms with Crippen molar-refractivity contribution >= 4 is 32.6 Å². The number of carboxylic acid groups (broad SMARTS) is 1. The molecule has 0 saturated carbocycles. The number of carbonyl (C=O) groups is 1. The maximum absolute atomic E-state index is 11.8. The predicted octanol–water partition coefficient (Wildman–Crippen LogP) is 1.97. The van der Waals surface area contributed by atoms with Crippen molar-refractivity contribution in [1.82, 2.24) is 0 Å². The minimum atomic E-state index is -3.25. The summed E-state index contributed by atoms with van der Waals surface area (Å²) in [5, 5.41) is 9.87. The summed E-state index contributed by atoms with van der Waals surface area (Å²) < 4.78 is 3.52. The van der Waals surface area contributed by atoms with E-state index in [9.17, 15) is 9.90 Å². The summed E-state index contributed by atoms with van der Waals surface area (Å²) in [5.74, 6) is -0.735. The van der Waals surface area contributed by atoms with Crippen LogP contribution >= 0.6 is 0 Å². The maximum atomic E-state index is 11.8. The molecule has 0 amide bonds. The zero-order chi connectivity index (χ0) is 16.1. The minimum absolute atomic E-state index is 0.192. The molecule has 3 aromatic rings. The van der Waals surface area contributed by atoms with E-state index in [1.807, 2.05) is 54.6 Å². The molecule has 0 aliphatic heterocycles. The molecule has 3 rings (SSSR count). The van der Waals surface area contributed by atoms with E-state index in [0.29, 0.717) is 0 Å². The first kappa shape index (κ1) is 15.6. The van der Waals surface area contributed by atoms with Crippen molar-refractivity contribution < 1.29 is 9.90 Å². The third-order valence-corrected chi connectivity index (χ3v) is 14.3. The number of hydrogen-bond acceptors (Lipinski definition) is 1. The Labute approximate surface area is 138 Å². The van der Waals surface area contributed by atoms with E-state index < -0.39 is 19.5 Å². The summed E-state index contributed by atoms with van der Waals surface area (Å²) in [6, 6.07) is 30.5. The fourth-order valence-electron chi connectivity index (χ4n) is 3.20. The number of aliphatic carboxylic acids is 1. The van der Waals surface area contributed by atoms with Gasteiger partial charge in [-0.05, 0) is 0 Å². The molecule has 0 heterocycles. The summed E-state index contributed by atoms with van der Waals surface area (Å²) in [4.78, 5) is 11.8. The molecule has 2 nitrogen and oxygen atoms in total. The Morgan fingerprint density at radius 3 is 1.22 bits per heavy atom. The van der Waals surface area contributed by atoms with E-state index in [2.05, 4.69) is 36.4 Å². The Hall–Kier alpha value is -2.31. The van der Waals surface area contributed by atoms with Crippen LogP contribution in [0.5, 0.6) is 0 Å². The van der Waals surface area contributed by atoms with Crippen molar-refractivity contribution in [1.29, 1.82) is 0 Å². The van der Waals surface area contributed by atoms with Crippen molar-refractivity contribution in [3.63, 3.8) is 0 Å². The fraction of sp³-hybridized carbons (Fsp3) is 0.0500. The molecule has 0 radical (unpaired) electrons. The van der Waals surface area contributed by atoms with Crippen molar-refractivity contribution in [3.05, 3.63) is 91.0 Å². The molecule has 0 fully saturated rings. The second-order valence-corrected chi connectivity index (χ2v) is 13.7. The molecule has 0 aromatic heterocycles. The van der Waals surface area contributed by atoms with Gasteiger partial charge in [0, 0.05) is 0 Å². The van der Waals surface area contributed by atoms with Gasteiger partial charge in [0.25, 0.3) is 0 Å². The third-order valence-electron chi connectivity index (χ3n) is 4.22. The molecule has 0 unspecified atom stereocenters. The van der Waals surface area contributed by atoms with E-state index >= 15 is 0 Å². The predicted molar refractivity (Wildman–Crippen MR) is 97.8 cm³/mol. The van der Waals surface area contributed by atoms with Crippen molar-refractivity contribution in [2.45, 2.75) is 5.21 Å². The van der Waals surface area contributed by atoms with Gasteiger partial charge in [-0.2, -0.15) is 0 Å². The van der Waals surface area contributed by atoms with Gasteiger partial charge in [-0.25, -0.2) is 0 Å². The Morgan fingerprint density at radius 1 is 0.652 bits per heavy atom. The Bertz CT molecular complexity index is 674. The van der Waals surface area contributed by atoms with Crippen molar-refractivity contribution in [2.24, 2.45) is 0 Å². The summed E-state index contributed by atoms with van der Waals surface area (Å²) in [7, 11) is 0. The Morgan fingerprint density at radius 2 is 0.957 bits per heavy atom. The van der Waals surface area contributed by atoms with E-state index in [1.54, 1.807) is 0 Å². The normalized spacial score (nSPS) is 11.8. The zero-order valence-corrected chi connectivity index (χ0v) is 14.8. The molecule has 0 spiro atoms. The molecule has 0 bridgehead atoms. The number of carboxylic acids is 1. The molecular formula is C20H19AsO2. The average Bonchev–Trinajstić information content (AvgIpc) is 2.62. The summed E-state index contributed by atoms with van der Waals surface area (Å²) >= 11 is -3.25. The quantitative estimate of drug-likeness (QED) is 0.702. The molecule has 0 aliphatic carbocycles. The molecular weight excluding hydrogens is 347 g/mol. The van der Waals surface area contributed by atoms with Gasteiger partial charge in [-0.1, -0.05) is 0 Å². The van der Waals surface area contributed by atoms with Gasteiger partial charge in [-0.15, -0.1) is 0 Å². The zero-order valence-electron chi connectivity index (χ0n) is 12.7. The molecule has 23 heavy (non-hydrogen) atoms. The molecule has 1 N–H and O–H groups in total. The van der Waals surface area contributed by atoms with Gasteiger partial charge >= 0.3 is 139 Å². The van der Waals surface area contributed by atoms with E-state index in [1.165, 1.54) is 13.1 Å². The van der Waals surface area contributed by atoms with Crippen LogP contribution in [-0.2, 0) is 4.79 Å². The van der Waals surface area contributed by atoms with Crippen LogP contribution in [0.15, 0.2) is 91.0 Å². The average molecular weight is 366 g/mol. The number of benzene rings is 3. The van der Waals surface area contributed by atoms with Crippen molar-refractivity contribution in [2.75, 3.05) is 0 Å². The Kier molecular flexibility index (Phi) is 4.64. The van der Waals surface area contributed by atoms with Crippen LogP contribution in [0.4, 0.5) is 0 Å². The first-order chi connectivity index (χ1) is 11.2. The van der Waals surface area contributed by atoms with Crippen LogP contribution < -0.4 is 13.1 Å². The van der Waals surface area contributed by atoms with Gasteiger partial charge in [0.1, 0.15) is 0 Å². The van der Waals surface area contributed by atoms with E-state index in [0.717, 1.165) is 0 Å². The summed E-state index contributed by atoms with van der Waals surface area (Å²) in [6.07, 6.45) is 0. The second kappa shape index (κ2) is 6.85. The van der Waals surface area contributed by atoms with Crippen LogP contribution in [0, 0.1) is 0 Å². The topological polar surface area (TPSA) is 37.3 Å². The van der Waals surface area contributed by atoms with Gasteiger partial charge in [0.2, 0.25) is 0 Å². The standard InChI is InChI=1S/C20H19AsO2/c22-20(23)16-21(17-10-4-1-5-11-17,18-12-6-2-7-13-18)19-14-8-3-9-15-19/h1-15,21H,16H2,(H,22,23). The molecule has 0 saturated heterocycles. The van der Waals surface area contributed by atoms with E-state index in [-0.39, 0.29) is 5.21 Å². The monoisotopic (exact) mass is 366 g/mol. The van der Waals surface area contributed by atoms with Crippen molar-refractivity contribution in [3.8, 4) is 0 Å². The Balaban J connectivity index is 2.32. The van der Waals surface area contributed by atoms with Crippen LogP contribution in [0.3, 0.4) is 0 Å². The van der Waals surface area contributed by atoms with Crippen LogP contribution in [0.25, 0.3) is 0 Å². The first-order valence-electron chi connectivity index (χ1n) is 7.62. The molecule has 0 atom stereocenters. The fourth-order valence-corrected chi connectivity index (χ4v) is 12.3. The summed E-state index contributed by atoms with van der Waals surface area (Å²) in [6.45, 7) is 0. The van der Waals surface area contributed by atoms with Gasteiger partial charge in [0.15, 0.2) is 0 Å². The SMILES string of the molecule is O=C(O)C[AsH](c1ccccc1)(c1ccccc1)c1ccccc1. The second-order valence-electron chi connectivity index (χ2n) is 5.57. The van der Waals surface area contributed by atoms with Crippen LogP contribution in [-0.4, -0.2) is 24.6 Å². The van der Waals surface area contributed by atoms with Gasteiger partial charge in [-0.3, -0.25) is 0 Å². The first-order valence-corrected chi connectivity index (χ1v) is 12.2. The third kappa shape index (κ3) is 3.08. The van der Waals surface area contributed by atoms with Crippen LogP contribution in [0.1, 0.15) is 0 Å².